The molecule has 0 heterocycles. The molecule has 0 spiro atoms. The van der Waals surface area contributed by atoms with Crippen LogP contribution in [0.5, 0.6) is 0 Å². The molecule has 0 aromatic carbocycles. The van der Waals surface area contributed by atoms with E-state index in [1.165, 1.54) is 64.2 Å². The number of unbranched alkanes of at least 4 members (excludes halogenated alkanes) is 9. The molecule has 0 atom stereocenters. The maximum atomic E-state index is 8.51. The maximum absolute atomic E-state index is 8.51. The Morgan fingerprint density at radius 1 is 0.800 bits per heavy atom. The van der Waals surface area contributed by atoms with Gasteiger partial charge in [-0.05, 0) is 18.5 Å². The van der Waals surface area contributed by atoms with E-state index in [0.717, 1.165) is 17.8 Å². The minimum atomic E-state index is 0. The van der Waals surface area contributed by atoms with E-state index >= 15 is 0 Å². The molecule has 0 saturated heterocycles. The standard InChI is InChI=1S/C12H26OS.Na.H/c1-2-3-4-5-6-7-8-9-10-11-12-14-13;;/h13H,2-12H2,1H3;;/q;+1;-1. The number of hydrogen-bond acceptors (Lipinski definition) is 2. The van der Waals surface area contributed by atoms with Gasteiger partial charge in [0.2, 0.25) is 0 Å². The zero-order valence-corrected chi connectivity index (χ0v) is 13.5. The van der Waals surface area contributed by atoms with Crippen LogP contribution in [-0.2, 0) is 0 Å². The summed E-state index contributed by atoms with van der Waals surface area (Å²) in [7, 11) is 0. The summed E-state index contributed by atoms with van der Waals surface area (Å²) in [6, 6.07) is 0. The Balaban J connectivity index is -0.000000845. The van der Waals surface area contributed by atoms with Crippen molar-refractivity contribution in [2.24, 2.45) is 0 Å². The second-order valence-corrected chi connectivity index (χ2v) is 4.68. The third-order valence-corrected chi connectivity index (χ3v) is 3.06. The van der Waals surface area contributed by atoms with Gasteiger partial charge in [-0.2, -0.15) is 0 Å². The van der Waals surface area contributed by atoms with Crippen molar-refractivity contribution in [2.45, 2.75) is 71.1 Å². The summed E-state index contributed by atoms with van der Waals surface area (Å²) in [6.45, 7) is 2.26. The Hall–Kier alpha value is 1.31. The molecule has 1 nitrogen and oxygen atoms in total. The molecule has 0 aliphatic carbocycles. The fourth-order valence-corrected chi connectivity index (χ4v) is 1.99. The number of rotatable bonds is 11. The van der Waals surface area contributed by atoms with Gasteiger partial charge in [0.05, 0.1) is 0 Å². The van der Waals surface area contributed by atoms with Gasteiger partial charge < -0.3 is 5.98 Å². The van der Waals surface area contributed by atoms with Crippen LogP contribution in [0, 0.1) is 0 Å². The second kappa shape index (κ2) is 17.7. The van der Waals surface area contributed by atoms with E-state index in [4.69, 9.17) is 4.55 Å². The average Bonchev–Trinajstić information content (AvgIpc) is 2.21. The third-order valence-electron chi connectivity index (χ3n) is 2.59. The summed E-state index contributed by atoms with van der Waals surface area (Å²) in [5.41, 5.74) is 0. The largest absolute Gasteiger partial charge is 1.00 e. The smallest absolute Gasteiger partial charge is 1.00 e. The fraction of sp³-hybridized carbons (Fsp3) is 1.00. The van der Waals surface area contributed by atoms with Crippen molar-refractivity contribution in [3.05, 3.63) is 0 Å². The minimum absolute atomic E-state index is 0. The molecule has 0 radical (unpaired) electrons. The molecule has 0 unspecified atom stereocenters. The van der Waals surface area contributed by atoms with Crippen LogP contribution >= 0.6 is 12.0 Å². The molecule has 0 aromatic rings. The third kappa shape index (κ3) is 17.9. The predicted molar refractivity (Wildman–Crippen MR) is 68.0 cm³/mol. The molecule has 3 heteroatoms. The van der Waals surface area contributed by atoms with E-state index in [-0.39, 0.29) is 31.0 Å². The van der Waals surface area contributed by atoms with Crippen LogP contribution in [0.25, 0.3) is 0 Å². The molecule has 0 aromatic heterocycles. The van der Waals surface area contributed by atoms with Crippen molar-refractivity contribution in [2.75, 3.05) is 5.75 Å². The Labute approximate surface area is 124 Å². The molecule has 1 N–H and O–H groups in total. The van der Waals surface area contributed by atoms with Gasteiger partial charge in [0.25, 0.3) is 0 Å². The molecule has 0 amide bonds. The SMILES string of the molecule is CCCCCCCCCCCCSO.[H-].[Na+]. The van der Waals surface area contributed by atoms with E-state index in [1.54, 1.807) is 0 Å². The van der Waals surface area contributed by atoms with Gasteiger partial charge in [-0.1, -0.05) is 64.7 Å². The van der Waals surface area contributed by atoms with Crippen LogP contribution in [0.2, 0.25) is 0 Å². The topological polar surface area (TPSA) is 20.2 Å². The molecule has 0 fully saturated rings. The Bertz CT molecular complexity index is 95.0. The van der Waals surface area contributed by atoms with Crippen molar-refractivity contribution in [1.82, 2.24) is 0 Å². The van der Waals surface area contributed by atoms with E-state index in [0.29, 0.717) is 0 Å². The van der Waals surface area contributed by atoms with Gasteiger partial charge in [0.1, 0.15) is 0 Å². The average molecular weight is 242 g/mol. The van der Waals surface area contributed by atoms with Crippen LogP contribution in [-0.4, -0.2) is 10.3 Å². The number of hydrogen-bond donors (Lipinski definition) is 1. The van der Waals surface area contributed by atoms with E-state index in [1.807, 2.05) is 0 Å². The molecule has 0 aliphatic rings. The zero-order valence-electron chi connectivity index (χ0n) is 11.6. The van der Waals surface area contributed by atoms with Gasteiger partial charge in [-0.25, -0.2) is 0 Å². The summed E-state index contributed by atoms with van der Waals surface area (Å²) in [5.74, 6) is 0.913. The van der Waals surface area contributed by atoms with Crippen molar-refractivity contribution in [3.8, 4) is 0 Å². The Morgan fingerprint density at radius 2 is 1.20 bits per heavy atom. The Morgan fingerprint density at radius 3 is 1.60 bits per heavy atom. The summed E-state index contributed by atoms with van der Waals surface area (Å²) < 4.78 is 8.51. The summed E-state index contributed by atoms with van der Waals surface area (Å²) >= 11 is 0.979. The van der Waals surface area contributed by atoms with Crippen LogP contribution in [0.15, 0.2) is 0 Å². The zero-order chi connectivity index (χ0) is 10.5. The monoisotopic (exact) mass is 242 g/mol. The fourth-order valence-electron chi connectivity index (χ4n) is 1.65. The second-order valence-electron chi connectivity index (χ2n) is 4.02. The first-order valence-electron chi connectivity index (χ1n) is 6.18. The predicted octanol–water partition coefficient (Wildman–Crippen LogP) is 2.23. The van der Waals surface area contributed by atoms with Gasteiger partial charge in [0, 0.05) is 5.75 Å². The normalized spacial score (nSPS) is 10.0. The molecule has 0 aliphatic heterocycles. The van der Waals surface area contributed by atoms with Crippen LogP contribution in [0.1, 0.15) is 72.6 Å². The van der Waals surface area contributed by atoms with Crippen LogP contribution in [0.3, 0.4) is 0 Å². The van der Waals surface area contributed by atoms with Gasteiger partial charge in [-0.3, -0.25) is 0 Å². The first-order chi connectivity index (χ1) is 6.91. The molecule has 88 valence electrons. The van der Waals surface area contributed by atoms with Gasteiger partial charge >= 0.3 is 29.6 Å². The molecule has 15 heavy (non-hydrogen) atoms. The molecule has 0 rings (SSSR count). The van der Waals surface area contributed by atoms with E-state index in [2.05, 4.69) is 6.92 Å². The quantitative estimate of drug-likeness (QED) is 0.341. The van der Waals surface area contributed by atoms with E-state index in [9.17, 15) is 0 Å². The van der Waals surface area contributed by atoms with Crippen molar-refractivity contribution < 1.29 is 35.5 Å². The van der Waals surface area contributed by atoms with Gasteiger partial charge in [-0.15, -0.1) is 0 Å². The summed E-state index contributed by atoms with van der Waals surface area (Å²) in [4.78, 5) is 0. The van der Waals surface area contributed by atoms with Crippen molar-refractivity contribution in [3.63, 3.8) is 0 Å². The summed E-state index contributed by atoms with van der Waals surface area (Å²) in [5, 5.41) is 0. The Kier molecular flexibility index (Phi) is 22.0. The summed E-state index contributed by atoms with van der Waals surface area (Å²) in [6.07, 6.45) is 13.7. The maximum Gasteiger partial charge on any atom is 1.00 e. The van der Waals surface area contributed by atoms with E-state index < -0.39 is 0 Å². The molecule has 0 bridgehead atoms. The first kappa shape index (κ1) is 18.7. The van der Waals surface area contributed by atoms with Crippen LogP contribution in [0.4, 0.5) is 0 Å². The molecular formula is C12H27NaOS. The van der Waals surface area contributed by atoms with Crippen LogP contribution < -0.4 is 29.6 Å². The van der Waals surface area contributed by atoms with Crippen molar-refractivity contribution in [1.29, 1.82) is 0 Å². The van der Waals surface area contributed by atoms with Crippen molar-refractivity contribution >= 4 is 12.0 Å². The minimum Gasteiger partial charge on any atom is -1.00 e. The molecular weight excluding hydrogens is 215 g/mol. The molecule has 0 saturated carbocycles. The first-order valence-corrected chi connectivity index (χ1v) is 7.12. The van der Waals surface area contributed by atoms with Gasteiger partial charge in [0.15, 0.2) is 0 Å².